The van der Waals surface area contributed by atoms with Gasteiger partial charge in [0, 0.05) is 12.1 Å². The van der Waals surface area contributed by atoms with Crippen LogP contribution in [-0.2, 0) is 4.79 Å². The Morgan fingerprint density at radius 1 is 1.35 bits per heavy atom. The van der Waals surface area contributed by atoms with Gasteiger partial charge in [0.15, 0.2) is 0 Å². The molecule has 2 unspecified atom stereocenters. The lowest BCUT2D eigenvalue weighted by Gasteiger charge is -2.36. The summed E-state index contributed by atoms with van der Waals surface area (Å²) >= 11 is 0. The molecule has 0 radical (unpaired) electrons. The molecule has 2 atom stereocenters. The fourth-order valence-corrected chi connectivity index (χ4v) is 2.91. The van der Waals surface area contributed by atoms with Gasteiger partial charge in [-0.25, -0.2) is 14.5 Å². The van der Waals surface area contributed by atoms with Crippen molar-refractivity contribution in [3.8, 4) is 5.69 Å². The molecule has 2 aromatic rings. The predicted molar refractivity (Wildman–Crippen MR) is 82.2 cm³/mol. The monoisotopic (exact) mass is 314 g/mol. The van der Waals surface area contributed by atoms with Crippen molar-refractivity contribution in [3.63, 3.8) is 0 Å². The number of carbonyl (C=O) groups excluding carboxylic acids is 1. The third-order valence-corrected chi connectivity index (χ3v) is 4.19. The molecule has 1 fully saturated rings. The SMILES string of the molecule is CC1CCN(C(=O)c2cccc(-n3cncn3)c2)C(C(=O)O)C1. The molecule has 1 aliphatic heterocycles. The lowest BCUT2D eigenvalue weighted by atomic mass is 9.92. The van der Waals surface area contributed by atoms with E-state index in [2.05, 4.69) is 10.1 Å². The first-order valence-corrected chi connectivity index (χ1v) is 7.55. The number of piperidine rings is 1. The van der Waals surface area contributed by atoms with Crippen LogP contribution in [0.4, 0.5) is 0 Å². The van der Waals surface area contributed by atoms with Crippen LogP contribution in [0.3, 0.4) is 0 Å². The number of amides is 1. The number of nitrogens with zero attached hydrogens (tertiary/aromatic N) is 4. The van der Waals surface area contributed by atoms with Crippen LogP contribution in [0.5, 0.6) is 0 Å². The molecule has 1 aromatic heterocycles. The molecule has 0 saturated carbocycles. The zero-order valence-corrected chi connectivity index (χ0v) is 12.8. The smallest absolute Gasteiger partial charge is 0.326 e. The number of likely N-dealkylation sites (tertiary alicyclic amines) is 1. The second kappa shape index (κ2) is 6.20. The van der Waals surface area contributed by atoms with Gasteiger partial charge in [0.1, 0.15) is 18.7 Å². The summed E-state index contributed by atoms with van der Waals surface area (Å²) in [6, 6.07) is 6.21. The van der Waals surface area contributed by atoms with Crippen molar-refractivity contribution in [2.45, 2.75) is 25.8 Å². The molecular formula is C16H18N4O3. The fraction of sp³-hybridized carbons (Fsp3) is 0.375. The molecule has 7 heteroatoms. The van der Waals surface area contributed by atoms with Crippen LogP contribution >= 0.6 is 0 Å². The number of hydrogen-bond donors (Lipinski definition) is 1. The summed E-state index contributed by atoms with van der Waals surface area (Å²) in [4.78, 5) is 29.6. The van der Waals surface area contributed by atoms with Gasteiger partial charge >= 0.3 is 5.97 Å². The summed E-state index contributed by atoms with van der Waals surface area (Å²) in [5, 5.41) is 13.4. The molecule has 120 valence electrons. The van der Waals surface area contributed by atoms with Gasteiger partial charge in [0.05, 0.1) is 5.69 Å². The van der Waals surface area contributed by atoms with Crippen LogP contribution in [0.1, 0.15) is 30.1 Å². The van der Waals surface area contributed by atoms with Crippen molar-refractivity contribution >= 4 is 11.9 Å². The van der Waals surface area contributed by atoms with Gasteiger partial charge in [-0.3, -0.25) is 4.79 Å². The number of benzene rings is 1. The average Bonchev–Trinajstić information content (AvgIpc) is 3.09. The summed E-state index contributed by atoms with van der Waals surface area (Å²) in [5.41, 5.74) is 1.17. The van der Waals surface area contributed by atoms with Crippen LogP contribution in [0.2, 0.25) is 0 Å². The van der Waals surface area contributed by atoms with E-state index < -0.39 is 12.0 Å². The molecular weight excluding hydrogens is 296 g/mol. The highest BCUT2D eigenvalue weighted by atomic mass is 16.4. The number of carbonyl (C=O) groups is 2. The van der Waals surface area contributed by atoms with Gasteiger partial charge in [-0.05, 0) is 37.0 Å². The van der Waals surface area contributed by atoms with E-state index in [4.69, 9.17) is 0 Å². The van der Waals surface area contributed by atoms with Crippen molar-refractivity contribution in [2.24, 2.45) is 5.92 Å². The standard InChI is InChI=1S/C16H18N4O3/c1-11-5-6-19(14(7-11)16(22)23)15(21)12-3-2-4-13(8-12)20-10-17-9-18-20/h2-4,8-11,14H,5-7H2,1H3,(H,22,23). The Morgan fingerprint density at radius 3 is 2.87 bits per heavy atom. The quantitative estimate of drug-likeness (QED) is 0.929. The van der Waals surface area contributed by atoms with Gasteiger partial charge in [0.2, 0.25) is 0 Å². The molecule has 1 saturated heterocycles. The molecule has 3 rings (SSSR count). The van der Waals surface area contributed by atoms with Crippen LogP contribution in [-0.4, -0.2) is 49.2 Å². The van der Waals surface area contributed by atoms with E-state index in [0.717, 1.165) is 6.42 Å². The van der Waals surface area contributed by atoms with Gasteiger partial charge in [-0.1, -0.05) is 13.0 Å². The van der Waals surface area contributed by atoms with E-state index in [-0.39, 0.29) is 5.91 Å². The lowest BCUT2D eigenvalue weighted by Crippen LogP contribution is -2.49. The fourth-order valence-electron chi connectivity index (χ4n) is 2.91. The van der Waals surface area contributed by atoms with Crippen molar-refractivity contribution in [3.05, 3.63) is 42.5 Å². The number of hydrogen-bond acceptors (Lipinski definition) is 4. The van der Waals surface area contributed by atoms with Gasteiger partial charge < -0.3 is 10.0 Å². The predicted octanol–water partition coefficient (Wildman–Crippen LogP) is 1.59. The maximum atomic E-state index is 12.8. The number of aromatic nitrogens is 3. The minimum atomic E-state index is -0.947. The molecule has 23 heavy (non-hydrogen) atoms. The van der Waals surface area contributed by atoms with E-state index in [9.17, 15) is 14.7 Å². The van der Waals surface area contributed by atoms with E-state index in [1.54, 1.807) is 29.2 Å². The first-order valence-electron chi connectivity index (χ1n) is 7.55. The van der Waals surface area contributed by atoms with Crippen LogP contribution in [0, 0.1) is 5.92 Å². The second-order valence-electron chi connectivity index (χ2n) is 5.87. The van der Waals surface area contributed by atoms with Crippen molar-refractivity contribution in [2.75, 3.05) is 6.54 Å². The molecule has 0 aliphatic carbocycles. The van der Waals surface area contributed by atoms with E-state index in [0.29, 0.717) is 30.1 Å². The maximum absolute atomic E-state index is 12.8. The number of carboxylic acid groups (broad SMARTS) is 1. The normalized spacial score (nSPS) is 21.2. The Morgan fingerprint density at radius 2 is 2.17 bits per heavy atom. The van der Waals surface area contributed by atoms with Crippen molar-refractivity contribution in [1.82, 2.24) is 19.7 Å². The minimum absolute atomic E-state index is 0.258. The third kappa shape index (κ3) is 3.08. The molecule has 1 amide bonds. The lowest BCUT2D eigenvalue weighted by molar-refractivity contribution is -0.144. The number of aliphatic carboxylic acids is 1. The van der Waals surface area contributed by atoms with Gasteiger partial charge in [-0.15, -0.1) is 0 Å². The van der Waals surface area contributed by atoms with Gasteiger partial charge in [0.25, 0.3) is 5.91 Å². The molecule has 2 heterocycles. The van der Waals surface area contributed by atoms with E-state index in [1.807, 2.05) is 13.0 Å². The largest absolute Gasteiger partial charge is 0.480 e. The number of rotatable bonds is 3. The summed E-state index contributed by atoms with van der Waals surface area (Å²) < 4.78 is 1.56. The van der Waals surface area contributed by atoms with Crippen LogP contribution in [0.25, 0.3) is 5.69 Å². The third-order valence-electron chi connectivity index (χ3n) is 4.19. The Hall–Kier alpha value is -2.70. The molecule has 1 aliphatic rings. The average molecular weight is 314 g/mol. The first-order chi connectivity index (χ1) is 11.1. The Labute approximate surface area is 133 Å². The second-order valence-corrected chi connectivity index (χ2v) is 5.87. The highest BCUT2D eigenvalue weighted by molar-refractivity contribution is 5.97. The van der Waals surface area contributed by atoms with E-state index in [1.165, 1.54) is 11.2 Å². The summed E-state index contributed by atoms with van der Waals surface area (Å²) in [6.45, 7) is 2.48. The maximum Gasteiger partial charge on any atom is 0.326 e. The zero-order valence-electron chi connectivity index (χ0n) is 12.8. The highest BCUT2D eigenvalue weighted by Crippen LogP contribution is 2.25. The Bertz CT molecular complexity index is 714. The summed E-state index contributed by atoms with van der Waals surface area (Å²) in [5.74, 6) is -0.898. The van der Waals surface area contributed by atoms with Gasteiger partial charge in [-0.2, -0.15) is 5.10 Å². The molecule has 0 spiro atoms. The molecule has 7 nitrogen and oxygen atoms in total. The first kappa shape index (κ1) is 15.2. The molecule has 1 aromatic carbocycles. The van der Waals surface area contributed by atoms with Crippen LogP contribution in [0.15, 0.2) is 36.9 Å². The summed E-state index contributed by atoms with van der Waals surface area (Å²) in [6.07, 6.45) is 4.27. The number of carboxylic acids is 1. The Balaban J connectivity index is 1.87. The zero-order chi connectivity index (χ0) is 16.4. The van der Waals surface area contributed by atoms with E-state index >= 15 is 0 Å². The molecule has 0 bridgehead atoms. The topological polar surface area (TPSA) is 88.3 Å². The molecule has 1 N–H and O–H groups in total. The van der Waals surface area contributed by atoms with Crippen molar-refractivity contribution < 1.29 is 14.7 Å². The van der Waals surface area contributed by atoms with Crippen LogP contribution < -0.4 is 0 Å². The Kier molecular flexibility index (Phi) is 4.10. The highest BCUT2D eigenvalue weighted by Gasteiger charge is 2.35. The van der Waals surface area contributed by atoms with Crippen molar-refractivity contribution in [1.29, 1.82) is 0 Å². The summed E-state index contributed by atoms with van der Waals surface area (Å²) in [7, 11) is 0. The minimum Gasteiger partial charge on any atom is -0.480 e.